The van der Waals surface area contributed by atoms with E-state index in [0.29, 0.717) is 31.4 Å². The summed E-state index contributed by atoms with van der Waals surface area (Å²) >= 11 is 0. The summed E-state index contributed by atoms with van der Waals surface area (Å²) in [6, 6.07) is 0.554. The molecule has 1 fully saturated rings. The first-order valence-corrected chi connectivity index (χ1v) is 5.28. The van der Waals surface area contributed by atoms with Crippen LogP contribution in [0.15, 0.2) is 4.42 Å². The smallest absolute Gasteiger partial charge is 0.315 e. The topological polar surface area (TPSA) is 92.1 Å². The molecule has 2 heterocycles. The molecule has 0 aromatic carbocycles. The molecule has 1 saturated heterocycles. The fraction of sp³-hybridized carbons (Fsp3) is 0.667. The first-order chi connectivity index (χ1) is 7.78. The molecule has 16 heavy (non-hydrogen) atoms. The van der Waals surface area contributed by atoms with E-state index in [1.165, 1.54) is 0 Å². The molecule has 0 bridgehead atoms. The van der Waals surface area contributed by atoms with Crippen molar-refractivity contribution in [3.05, 3.63) is 5.89 Å². The molecule has 3 N–H and O–H groups in total. The Bertz CT molecular complexity index is 365. The van der Waals surface area contributed by atoms with Crippen LogP contribution in [0.25, 0.3) is 0 Å². The van der Waals surface area contributed by atoms with Crippen molar-refractivity contribution in [1.29, 1.82) is 0 Å². The lowest BCUT2D eigenvalue weighted by atomic mass is 10.2. The molecule has 2 rings (SSSR count). The number of aromatic nitrogens is 2. The molecule has 88 valence electrons. The second-order valence-electron chi connectivity index (χ2n) is 3.72. The van der Waals surface area contributed by atoms with Crippen LogP contribution < -0.4 is 16.0 Å². The molecular weight excluding hydrogens is 210 g/mol. The fourth-order valence-electron chi connectivity index (χ4n) is 1.59. The number of hydrogen-bond donors (Lipinski definition) is 3. The molecule has 1 aromatic rings. The maximum absolute atomic E-state index is 11.0. The van der Waals surface area contributed by atoms with Gasteiger partial charge in [-0.1, -0.05) is 5.10 Å². The number of carbonyl (C=O) groups excluding carboxylic acids is 1. The van der Waals surface area contributed by atoms with Crippen molar-refractivity contribution in [2.75, 3.05) is 18.9 Å². The molecule has 1 aromatic heterocycles. The van der Waals surface area contributed by atoms with Gasteiger partial charge in [-0.15, -0.1) is 5.10 Å². The minimum Gasteiger partial charge on any atom is -0.407 e. The number of amides is 1. The lowest BCUT2D eigenvalue weighted by Gasteiger charge is -2.08. The zero-order valence-corrected chi connectivity index (χ0v) is 9.12. The molecule has 1 aliphatic heterocycles. The first kappa shape index (κ1) is 10.9. The van der Waals surface area contributed by atoms with Crippen LogP contribution in [0.1, 0.15) is 18.7 Å². The van der Waals surface area contributed by atoms with Gasteiger partial charge in [0.05, 0.1) is 6.54 Å². The second kappa shape index (κ2) is 4.93. The number of nitrogens with one attached hydrogen (secondary N) is 3. The van der Waals surface area contributed by atoms with E-state index in [-0.39, 0.29) is 11.9 Å². The minimum absolute atomic E-state index is 0.105. The molecule has 1 atom stereocenters. The van der Waals surface area contributed by atoms with E-state index in [4.69, 9.17) is 4.42 Å². The fourth-order valence-corrected chi connectivity index (χ4v) is 1.59. The Morgan fingerprint density at radius 1 is 1.56 bits per heavy atom. The summed E-state index contributed by atoms with van der Waals surface area (Å²) in [7, 11) is 1.81. The number of nitrogens with zero attached hydrogens (tertiary/aromatic N) is 2. The van der Waals surface area contributed by atoms with E-state index < -0.39 is 0 Å². The van der Waals surface area contributed by atoms with E-state index in [0.717, 1.165) is 6.42 Å². The maximum Gasteiger partial charge on any atom is 0.315 e. The second-order valence-corrected chi connectivity index (χ2v) is 3.72. The predicted octanol–water partition coefficient (Wildman–Crippen LogP) is -0.520. The molecule has 7 nitrogen and oxygen atoms in total. The number of anilines is 1. The summed E-state index contributed by atoms with van der Waals surface area (Å²) in [5, 5.41) is 16.4. The summed E-state index contributed by atoms with van der Waals surface area (Å²) in [6.07, 6.45) is 1.45. The molecule has 0 radical (unpaired) electrons. The van der Waals surface area contributed by atoms with Gasteiger partial charge in [-0.3, -0.25) is 4.79 Å². The van der Waals surface area contributed by atoms with Crippen LogP contribution in [0.2, 0.25) is 0 Å². The summed E-state index contributed by atoms with van der Waals surface area (Å²) in [5.41, 5.74) is 0. The Morgan fingerprint density at radius 2 is 2.44 bits per heavy atom. The van der Waals surface area contributed by atoms with Gasteiger partial charge in [-0.05, 0) is 13.5 Å². The van der Waals surface area contributed by atoms with E-state index in [9.17, 15) is 4.79 Å². The van der Waals surface area contributed by atoms with Gasteiger partial charge in [0.15, 0.2) is 0 Å². The highest BCUT2D eigenvalue weighted by Gasteiger charge is 2.20. The Labute approximate surface area is 93.0 Å². The quantitative estimate of drug-likeness (QED) is 0.624. The summed E-state index contributed by atoms with van der Waals surface area (Å²) < 4.78 is 5.30. The maximum atomic E-state index is 11.0. The highest BCUT2D eigenvalue weighted by atomic mass is 16.4. The van der Waals surface area contributed by atoms with E-state index >= 15 is 0 Å². The normalized spacial score (nSPS) is 19.8. The van der Waals surface area contributed by atoms with Crippen molar-refractivity contribution < 1.29 is 9.21 Å². The van der Waals surface area contributed by atoms with Crippen molar-refractivity contribution in [3.8, 4) is 0 Å². The Hall–Kier alpha value is -1.63. The van der Waals surface area contributed by atoms with E-state index in [1.807, 2.05) is 7.05 Å². The van der Waals surface area contributed by atoms with Crippen molar-refractivity contribution >= 4 is 11.9 Å². The molecule has 0 aliphatic carbocycles. The lowest BCUT2D eigenvalue weighted by molar-refractivity contribution is -0.119. The summed E-state index contributed by atoms with van der Waals surface area (Å²) in [4.78, 5) is 11.0. The highest BCUT2D eigenvalue weighted by molar-refractivity contribution is 5.78. The predicted molar refractivity (Wildman–Crippen MR) is 56.7 cm³/mol. The molecule has 1 aliphatic rings. The molecule has 0 spiro atoms. The van der Waals surface area contributed by atoms with E-state index in [1.54, 1.807) is 0 Å². The first-order valence-electron chi connectivity index (χ1n) is 5.28. The zero-order chi connectivity index (χ0) is 11.4. The van der Waals surface area contributed by atoms with Crippen LogP contribution in [-0.4, -0.2) is 35.7 Å². The Kier molecular flexibility index (Phi) is 3.35. The Morgan fingerprint density at radius 3 is 3.12 bits per heavy atom. The van der Waals surface area contributed by atoms with Gasteiger partial charge in [0.25, 0.3) is 0 Å². The SMILES string of the molecule is CNCc1nnc(NCC2CCC(=O)N2)o1. The largest absolute Gasteiger partial charge is 0.407 e. The van der Waals surface area contributed by atoms with Gasteiger partial charge in [0.1, 0.15) is 0 Å². The number of hydrogen-bond acceptors (Lipinski definition) is 6. The number of carbonyl (C=O) groups is 1. The highest BCUT2D eigenvalue weighted by Crippen LogP contribution is 2.09. The third-order valence-corrected chi connectivity index (χ3v) is 2.38. The lowest BCUT2D eigenvalue weighted by Crippen LogP contribution is -2.31. The van der Waals surface area contributed by atoms with Gasteiger partial charge >= 0.3 is 6.01 Å². The van der Waals surface area contributed by atoms with Gasteiger partial charge in [-0.2, -0.15) is 0 Å². The van der Waals surface area contributed by atoms with Gasteiger partial charge in [0, 0.05) is 19.0 Å². The van der Waals surface area contributed by atoms with Crippen molar-refractivity contribution in [2.24, 2.45) is 0 Å². The average Bonchev–Trinajstić information content (AvgIpc) is 2.85. The molecule has 1 amide bonds. The van der Waals surface area contributed by atoms with Crippen LogP contribution in [0.4, 0.5) is 6.01 Å². The standard InChI is InChI=1S/C9H15N5O2/c1-10-5-8-13-14-9(16-8)11-4-6-2-3-7(15)12-6/h6,10H,2-5H2,1H3,(H,11,14)(H,12,15). The average molecular weight is 225 g/mol. The third kappa shape index (κ3) is 2.69. The molecule has 1 unspecified atom stereocenters. The summed E-state index contributed by atoms with van der Waals surface area (Å²) in [5.74, 6) is 0.647. The molecule has 7 heteroatoms. The van der Waals surface area contributed by atoms with Crippen molar-refractivity contribution in [2.45, 2.75) is 25.4 Å². The summed E-state index contributed by atoms with van der Waals surface area (Å²) in [6.45, 7) is 1.17. The third-order valence-electron chi connectivity index (χ3n) is 2.38. The van der Waals surface area contributed by atoms with Gasteiger partial charge in [-0.25, -0.2) is 0 Å². The van der Waals surface area contributed by atoms with Crippen molar-refractivity contribution in [1.82, 2.24) is 20.8 Å². The van der Waals surface area contributed by atoms with E-state index in [2.05, 4.69) is 26.1 Å². The molecule has 0 saturated carbocycles. The van der Waals surface area contributed by atoms with Crippen molar-refractivity contribution in [3.63, 3.8) is 0 Å². The van der Waals surface area contributed by atoms with Crippen LogP contribution in [-0.2, 0) is 11.3 Å². The van der Waals surface area contributed by atoms with Crippen LogP contribution in [0.5, 0.6) is 0 Å². The minimum atomic E-state index is 0.105. The van der Waals surface area contributed by atoms with Crippen LogP contribution in [0, 0.1) is 0 Å². The monoisotopic (exact) mass is 225 g/mol. The van der Waals surface area contributed by atoms with Gasteiger partial charge in [0.2, 0.25) is 11.8 Å². The Balaban J connectivity index is 1.78. The number of rotatable bonds is 5. The van der Waals surface area contributed by atoms with Crippen LogP contribution >= 0.6 is 0 Å². The zero-order valence-electron chi connectivity index (χ0n) is 9.12. The van der Waals surface area contributed by atoms with Gasteiger partial charge < -0.3 is 20.4 Å². The molecular formula is C9H15N5O2. The van der Waals surface area contributed by atoms with Crippen LogP contribution in [0.3, 0.4) is 0 Å².